The van der Waals surface area contributed by atoms with E-state index in [0.717, 1.165) is 11.3 Å². The summed E-state index contributed by atoms with van der Waals surface area (Å²) in [6.45, 7) is 2.15. The number of para-hydroxylation sites is 1. The lowest BCUT2D eigenvalue weighted by Gasteiger charge is -2.10. The molecule has 0 atom stereocenters. The maximum atomic E-state index is 13.6. The van der Waals surface area contributed by atoms with Crippen molar-refractivity contribution in [1.82, 2.24) is 10.1 Å². The normalized spacial score (nSPS) is 10.6. The van der Waals surface area contributed by atoms with Crippen molar-refractivity contribution in [3.63, 3.8) is 0 Å². The van der Waals surface area contributed by atoms with Crippen LogP contribution in [0.2, 0.25) is 0 Å². The molecular weight excluding hydrogens is 269 g/mol. The molecule has 0 amide bonds. The van der Waals surface area contributed by atoms with E-state index in [1.165, 1.54) is 6.07 Å². The van der Waals surface area contributed by atoms with Crippen LogP contribution in [0.1, 0.15) is 11.4 Å². The van der Waals surface area contributed by atoms with Gasteiger partial charge in [0.2, 0.25) is 0 Å². The summed E-state index contributed by atoms with van der Waals surface area (Å²) < 4.78 is 18.8. The lowest BCUT2D eigenvalue weighted by atomic mass is 10.1. The van der Waals surface area contributed by atoms with E-state index in [-0.39, 0.29) is 5.82 Å². The Morgan fingerprint density at radius 3 is 2.62 bits per heavy atom. The van der Waals surface area contributed by atoms with Gasteiger partial charge in [-0.25, -0.2) is 4.39 Å². The summed E-state index contributed by atoms with van der Waals surface area (Å²) in [5.41, 5.74) is 2.23. The molecule has 0 aliphatic carbocycles. The minimum Gasteiger partial charge on any atom is -0.380 e. The van der Waals surface area contributed by atoms with Gasteiger partial charge in [-0.1, -0.05) is 35.5 Å². The van der Waals surface area contributed by atoms with Crippen molar-refractivity contribution in [2.45, 2.75) is 13.5 Å². The molecule has 1 aromatic heterocycles. The van der Waals surface area contributed by atoms with Gasteiger partial charge >= 0.3 is 0 Å². The van der Waals surface area contributed by atoms with Crippen LogP contribution in [0, 0.1) is 12.7 Å². The van der Waals surface area contributed by atoms with Crippen LogP contribution in [0.5, 0.6) is 0 Å². The third-order valence-electron chi connectivity index (χ3n) is 3.11. The molecule has 0 saturated heterocycles. The monoisotopic (exact) mass is 283 g/mol. The third-order valence-corrected chi connectivity index (χ3v) is 3.11. The van der Waals surface area contributed by atoms with Crippen LogP contribution < -0.4 is 5.32 Å². The zero-order chi connectivity index (χ0) is 14.7. The zero-order valence-corrected chi connectivity index (χ0v) is 11.5. The van der Waals surface area contributed by atoms with Crippen molar-refractivity contribution >= 4 is 5.69 Å². The first-order valence-electron chi connectivity index (χ1n) is 6.61. The smallest absolute Gasteiger partial charge is 0.260 e. The van der Waals surface area contributed by atoms with Gasteiger partial charge in [0.15, 0.2) is 5.82 Å². The van der Waals surface area contributed by atoms with Crippen molar-refractivity contribution in [2.75, 3.05) is 5.32 Å². The van der Waals surface area contributed by atoms with Gasteiger partial charge in [-0.15, -0.1) is 0 Å². The Kier molecular flexibility index (Phi) is 3.64. The number of hydrogen-bond donors (Lipinski definition) is 1. The highest BCUT2D eigenvalue weighted by Gasteiger charge is 2.11. The van der Waals surface area contributed by atoms with Crippen LogP contribution >= 0.6 is 0 Å². The average molecular weight is 283 g/mol. The third kappa shape index (κ3) is 2.91. The Hall–Kier alpha value is -2.69. The zero-order valence-electron chi connectivity index (χ0n) is 11.5. The van der Waals surface area contributed by atoms with E-state index in [2.05, 4.69) is 15.5 Å². The number of anilines is 1. The first kappa shape index (κ1) is 13.3. The molecule has 0 unspecified atom stereocenters. The van der Waals surface area contributed by atoms with E-state index in [1.54, 1.807) is 19.1 Å². The molecule has 1 N–H and O–H groups in total. The van der Waals surface area contributed by atoms with Gasteiger partial charge in [0, 0.05) is 17.8 Å². The van der Waals surface area contributed by atoms with E-state index < -0.39 is 0 Å². The van der Waals surface area contributed by atoms with Gasteiger partial charge in [-0.2, -0.15) is 4.98 Å². The minimum atomic E-state index is -0.226. The number of aryl methyl sites for hydroxylation is 1. The molecule has 21 heavy (non-hydrogen) atoms. The van der Waals surface area contributed by atoms with Crippen LogP contribution in [0.3, 0.4) is 0 Å². The molecule has 0 saturated carbocycles. The van der Waals surface area contributed by atoms with Crippen LogP contribution in [-0.2, 0) is 6.54 Å². The van der Waals surface area contributed by atoms with Crippen LogP contribution in [-0.4, -0.2) is 10.1 Å². The summed E-state index contributed by atoms with van der Waals surface area (Å²) in [6, 6.07) is 14.3. The summed E-state index contributed by atoms with van der Waals surface area (Å²) in [6.07, 6.45) is 0. The molecule has 5 heteroatoms. The molecule has 0 radical (unpaired) electrons. The van der Waals surface area contributed by atoms with Gasteiger partial charge in [-0.05, 0) is 25.1 Å². The predicted octanol–water partition coefficient (Wildman–Crippen LogP) is 3.80. The largest absolute Gasteiger partial charge is 0.380 e. The van der Waals surface area contributed by atoms with Gasteiger partial charge < -0.3 is 9.84 Å². The first-order valence-corrected chi connectivity index (χ1v) is 6.61. The SMILES string of the molecule is Cc1noc(-c2ccccc2NCc2ccccc2F)n1. The highest BCUT2D eigenvalue weighted by molar-refractivity contribution is 5.72. The Bertz CT molecular complexity index is 755. The van der Waals surface area contributed by atoms with Crippen molar-refractivity contribution in [3.05, 3.63) is 65.7 Å². The highest BCUT2D eigenvalue weighted by atomic mass is 19.1. The summed E-state index contributed by atoms with van der Waals surface area (Å²) >= 11 is 0. The number of nitrogens with zero attached hydrogens (tertiary/aromatic N) is 2. The summed E-state index contributed by atoms with van der Waals surface area (Å²) in [5, 5.41) is 7.00. The Balaban J connectivity index is 1.85. The summed E-state index contributed by atoms with van der Waals surface area (Å²) in [5.74, 6) is 0.800. The van der Waals surface area contributed by atoms with Crippen molar-refractivity contribution < 1.29 is 8.91 Å². The van der Waals surface area contributed by atoms with Crippen LogP contribution in [0.4, 0.5) is 10.1 Å². The lowest BCUT2D eigenvalue weighted by Crippen LogP contribution is -2.02. The molecule has 0 fully saturated rings. The summed E-state index contributed by atoms with van der Waals surface area (Å²) in [4.78, 5) is 4.22. The number of rotatable bonds is 4. The molecule has 1 heterocycles. The highest BCUT2D eigenvalue weighted by Crippen LogP contribution is 2.26. The maximum absolute atomic E-state index is 13.6. The number of halogens is 1. The summed E-state index contributed by atoms with van der Waals surface area (Å²) in [7, 11) is 0. The van der Waals surface area contributed by atoms with Crippen LogP contribution in [0.25, 0.3) is 11.5 Å². The fourth-order valence-corrected chi connectivity index (χ4v) is 2.06. The number of nitrogens with one attached hydrogen (secondary N) is 1. The molecule has 4 nitrogen and oxygen atoms in total. The van der Waals surface area contributed by atoms with Crippen molar-refractivity contribution in [1.29, 1.82) is 0 Å². The van der Waals surface area contributed by atoms with E-state index >= 15 is 0 Å². The fraction of sp³-hybridized carbons (Fsp3) is 0.125. The second kappa shape index (κ2) is 5.75. The number of benzene rings is 2. The molecule has 2 aromatic carbocycles. The minimum absolute atomic E-state index is 0.226. The standard InChI is InChI=1S/C16H14FN3O/c1-11-19-16(21-20-11)13-7-3-5-9-15(13)18-10-12-6-2-4-8-14(12)17/h2-9,18H,10H2,1H3. The Labute approximate surface area is 121 Å². The van der Waals surface area contributed by atoms with E-state index in [1.807, 2.05) is 30.3 Å². The first-order chi connectivity index (χ1) is 10.2. The molecular formula is C16H14FN3O. The Morgan fingerprint density at radius 1 is 1.10 bits per heavy atom. The van der Waals surface area contributed by atoms with Crippen LogP contribution in [0.15, 0.2) is 53.1 Å². The fourth-order valence-electron chi connectivity index (χ4n) is 2.06. The van der Waals surface area contributed by atoms with E-state index in [9.17, 15) is 4.39 Å². The molecule has 0 bridgehead atoms. The van der Waals surface area contributed by atoms with Gasteiger partial charge in [0.05, 0.1) is 5.56 Å². The quantitative estimate of drug-likeness (QED) is 0.791. The molecule has 106 valence electrons. The van der Waals surface area contributed by atoms with Crippen molar-refractivity contribution in [3.8, 4) is 11.5 Å². The van der Waals surface area contributed by atoms with E-state index in [0.29, 0.717) is 23.8 Å². The van der Waals surface area contributed by atoms with Gasteiger partial charge in [-0.3, -0.25) is 0 Å². The second-order valence-corrected chi connectivity index (χ2v) is 4.64. The molecule has 0 aliphatic heterocycles. The molecule has 3 aromatic rings. The predicted molar refractivity (Wildman–Crippen MR) is 78.2 cm³/mol. The average Bonchev–Trinajstić information content (AvgIpc) is 2.93. The van der Waals surface area contributed by atoms with Crippen molar-refractivity contribution in [2.24, 2.45) is 0 Å². The molecule has 0 spiro atoms. The van der Waals surface area contributed by atoms with Gasteiger partial charge in [0.1, 0.15) is 5.82 Å². The maximum Gasteiger partial charge on any atom is 0.260 e. The lowest BCUT2D eigenvalue weighted by molar-refractivity contribution is 0.426. The molecule has 0 aliphatic rings. The topological polar surface area (TPSA) is 51.0 Å². The Morgan fingerprint density at radius 2 is 1.86 bits per heavy atom. The van der Waals surface area contributed by atoms with E-state index in [4.69, 9.17) is 4.52 Å². The number of hydrogen-bond acceptors (Lipinski definition) is 4. The van der Waals surface area contributed by atoms with Gasteiger partial charge in [0.25, 0.3) is 5.89 Å². The number of aromatic nitrogens is 2. The second-order valence-electron chi connectivity index (χ2n) is 4.64. The molecule has 3 rings (SSSR count).